The molecule has 0 bridgehead atoms. The Bertz CT molecular complexity index is 1080. The lowest BCUT2D eigenvalue weighted by molar-refractivity contribution is -0.137. The van der Waals surface area contributed by atoms with Gasteiger partial charge in [-0.05, 0) is 60.6 Å². The first-order valence-electron chi connectivity index (χ1n) is 11.2. The number of hydrogen-bond donors (Lipinski definition) is 0. The van der Waals surface area contributed by atoms with E-state index < -0.39 is 0 Å². The first-order chi connectivity index (χ1) is 15.9. The maximum absolute atomic E-state index is 13.6. The van der Waals surface area contributed by atoms with Crippen LogP contribution < -0.4 is 9.47 Å². The second-order valence-electron chi connectivity index (χ2n) is 8.63. The van der Waals surface area contributed by atoms with Crippen molar-refractivity contribution in [1.82, 2.24) is 9.80 Å². The Kier molecular flexibility index (Phi) is 6.67. The van der Waals surface area contributed by atoms with E-state index in [-0.39, 0.29) is 24.2 Å². The van der Waals surface area contributed by atoms with Gasteiger partial charge < -0.3 is 14.4 Å². The van der Waals surface area contributed by atoms with Crippen LogP contribution >= 0.6 is 0 Å². The normalized spacial score (nSPS) is 18.8. The molecule has 0 aliphatic carbocycles. The molecule has 0 aromatic heterocycles. The highest BCUT2D eigenvalue weighted by Crippen LogP contribution is 2.37. The summed E-state index contributed by atoms with van der Waals surface area (Å²) in [6, 6.07) is 11.4. The molecule has 33 heavy (non-hydrogen) atoms. The van der Waals surface area contributed by atoms with Crippen LogP contribution in [0.5, 0.6) is 11.5 Å². The summed E-state index contributed by atoms with van der Waals surface area (Å²) in [7, 11) is 3.10. The Morgan fingerprint density at radius 2 is 1.73 bits per heavy atom. The second kappa shape index (κ2) is 9.65. The molecule has 2 aliphatic rings. The smallest absolute Gasteiger partial charge is 0.277 e. The molecule has 1 unspecified atom stereocenters. The van der Waals surface area contributed by atoms with Gasteiger partial charge in [0.1, 0.15) is 11.5 Å². The first kappa shape index (κ1) is 22.8. The van der Waals surface area contributed by atoms with Crippen molar-refractivity contribution in [3.8, 4) is 11.5 Å². The van der Waals surface area contributed by atoms with E-state index in [9.17, 15) is 14.0 Å². The van der Waals surface area contributed by atoms with E-state index >= 15 is 0 Å². The fourth-order valence-electron chi connectivity index (χ4n) is 4.60. The molecule has 2 heterocycles. The Morgan fingerprint density at radius 3 is 2.39 bits per heavy atom. The van der Waals surface area contributed by atoms with Crippen molar-refractivity contribution in [2.75, 3.05) is 33.9 Å². The number of benzene rings is 2. The Hall–Kier alpha value is -3.35. The van der Waals surface area contributed by atoms with Crippen molar-refractivity contribution in [1.29, 1.82) is 0 Å². The quantitative estimate of drug-likeness (QED) is 0.597. The molecule has 0 spiro atoms. The lowest BCUT2D eigenvalue weighted by atomic mass is 9.97. The maximum Gasteiger partial charge on any atom is 0.277 e. The van der Waals surface area contributed by atoms with Crippen LogP contribution in [0.2, 0.25) is 0 Å². The van der Waals surface area contributed by atoms with Crippen molar-refractivity contribution in [3.05, 3.63) is 65.1 Å². The van der Waals surface area contributed by atoms with E-state index in [4.69, 9.17) is 9.47 Å². The molecule has 1 saturated heterocycles. The number of hydrogen-bond acceptors (Lipinski definition) is 5. The number of rotatable bonds is 7. The van der Waals surface area contributed by atoms with Crippen LogP contribution in [-0.4, -0.2) is 55.5 Å². The number of piperidine rings is 1. The van der Waals surface area contributed by atoms with Gasteiger partial charge in [0.05, 0.1) is 19.8 Å². The number of methoxy groups -OCH3 is 2. The standard InChI is InChI=1S/C26H29FN2O4/c1-17-5-4-13-28(16-17)24-23(19-8-11-21(32-2)22(15-19)33-3)25(30)29(26(24)31)14-12-18-6-9-20(27)10-7-18/h6-11,15,17H,4-5,12-14,16H2,1-3H3. The average Bonchev–Trinajstić information content (AvgIpc) is 3.07. The fraction of sp³-hybridized carbons (Fsp3) is 0.385. The van der Waals surface area contributed by atoms with Crippen molar-refractivity contribution >= 4 is 17.4 Å². The third-order valence-corrected chi connectivity index (χ3v) is 6.33. The molecule has 0 N–H and O–H groups in total. The van der Waals surface area contributed by atoms with Gasteiger partial charge in [0.15, 0.2) is 11.5 Å². The lowest BCUT2D eigenvalue weighted by Gasteiger charge is -2.33. The van der Waals surface area contributed by atoms with Gasteiger partial charge in [0, 0.05) is 19.6 Å². The number of carbonyl (C=O) groups excluding carboxylic acids is 2. The summed E-state index contributed by atoms with van der Waals surface area (Å²) in [5.74, 6) is 0.586. The van der Waals surface area contributed by atoms with E-state index in [0.717, 1.165) is 31.5 Å². The molecule has 7 heteroatoms. The lowest BCUT2D eigenvalue weighted by Crippen LogP contribution is -2.39. The molecule has 2 aliphatic heterocycles. The van der Waals surface area contributed by atoms with Crippen molar-refractivity contribution in [2.24, 2.45) is 5.92 Å². The Balaban J connectivity index is 1.69. The molecule has 2 aromatic carbocycles. The van der Waals surface area contributed by atoms with Gasteiger partial charge in [-0.25, -0.2) is 4.39 Å². The number of halogens is 1. The van der Waals surface area contributed by atoms with Crippen LogP contribution in [0.15, 0.2) is 48.2 Å². The minimum Gasteiger partial charge on any atom is -0.493 e. The van der Waals surface area contributed by atoms with Crippen LogP contribution in [0.1, 0.15) is 30.9 Å². The molecule has 6 nitrogen and oxygen atoms in total. The summed E-state index contributed by atoms with van der Waals surface area (Å²) in [6.45, 7) is 3.86. The van der Waals surface area contributed by atoms with E-state index in [1.54, 1.807) is 44.6 Å². The number of likely N-dealkylation sites (tertiary alicyclic amines) is 1. The van der Waals surface area contributed by atoms with Crippen LogP contribution in [0, 0.1) is 11.7 Å². The monoisotopic (exact) mass is 452 g/mol. The van der Waals surface area contributed by atoms with Gasteiger partial charge in [0.2, 0.25) is 0 Å². The highest BCUT2D eigenvalue weighted by atomic mass is 19.1. The number of carbonyl (C=O) groups is 2. The van der Waals surface area contributed by atoms with Gasteiger partial charge in [-0.1, -0.05) is 25.1 Å². The summed E-state index contributed by atoms with van der Waals surface area (Å²) in [6.07, 6.45) is 2.54. The Morgan fingerprint density at radius 1 is 1.00 bits per heavy atom. The van der Waals surface area contributed by atoms with Gasteiger partial charge in [-0.2, -0.15) is 0 Å². The number of nitrogens with zero attached hydrogens (tertiary/aromatic N) is 2. The summed E-state index contributed by atoms with van der Waals surface area (Å²) in [5.41, 5.74) is 2.35. The molecule has 4 rings (SSSR count). The topological polar surface area (TPSA) is 59.1 Å². The predicted octanol–water partition coefficient (Wildman–Crippen LogP) is 3.90. The van der Waals surface area contributed by atoms with Crippen molar-refractivity contribution in [2.45, 2.75) is 26.2 Å². The van der Waals surface area contributed by atoms with E-state index in [2.05, 4.69) is 11.8 Å². The zero-order valence-corrected chi connectivity index (χ0v) is 19.3. The second-order valence-corrected chi connectivity index (χ2v) is 8.63. The first-order valence-corrected chi connectivity index (χ1v) is 11.2. The number of imide groups is 1. The molecule has 2 aromatic rings. The minimum atomic E-state index is -0.317. The molecular formula is C26H29FN2O4. The highest BCUT2D eigenvalue weighted by molar-refractivity contribution is 6.35. The zero-order chi connectivity index (χ0) is 23.5. The van der Waals surface area contributed by atoms with Gasteiger partial charge in [-0.15, -0.1) is 0 Å². The maximum atomic E-state index is 13.6. The van der Waals surface area contributed by atoms with Gasteiger partial charge in [0.25, 0.3) is 11.8 Å². The molecule has 1 fully saturated rings. The van der Waals surface area contributed by atoms with E-state index in [1.807, 2.05) is 0 Å². The molecule has 0 radical (unpaired) electrons. The van der Waals surface area contributed by atoms with Gasteiger partial charge in [-0.3, -0.25) is 14.5 Å². The highest BCUT2D eigenvalue weighted by Gasteiger charge is 2.42. The van der Waals surface area contributed by atoms with E-state index in [1.165, 1.54) is 17.0 Å². The molecule has 0 saturated carbocycles. The number of ether oxygens (including phenoxy) is 2. The number of amides is 2. The summed E-state index contributed by atoms with van der Waals surface area (Å²) >= 11 is 0. The predicted molar refractivity (Wildman–Crippen MR) is 123 cm³/mol. The zero-order valence-electron chi connectivity index (χ0n) is 19.3. The van der Waals surface area contributed by atoms with Crippen molar-refractivity contribution < 1.29 is 23.5 Å². The van der Waals surface area contributed by atoms with Crippen LogP contribution in [0.4, 0.5) is 4.39 Å². The van der Waals surface area contributed by atoms with Crippen LogP contribution in [0.25, 0.3) is 5.57 Å². The summed E-state index contributed by atoms with van der Waals surface area (Å²) in [5, 5.41) is 0. The van der Waals surface area contributed by atoms with Crippen LogP contribution in [-0.2, 0) is 16.0 Å². The summed E-state index contributed by atoms with van der Waals surface area (Å²) < 4.78 is 24.0. The molecule has 174 valence electrons. The van der Waals surface area contributed by atoms with E-state index in [0.29, 0.717) is 40.7 Å². The molecular weight excluding hydrogens is 423 g/mol. The average molecular weight is 453 g/mol. The summed E-state index contributed by atoms with van der Waals surface area (Å²) in [4.78, 5) is 30.5. The molecule has 2 amide bonds. The fourth-order valence-corrected chi connectivity index (χ4v) is 4.60. The van der Waals surface area contributed by atoms with Gasteiger partial charge >= 0.3 is 0 Å². The SMILES string of the molecule is COc1ccc(C2=C(N3CCCC(C)C3)C(=O)N(CCc3ccc(F)cc3)C2=O)cc1OC. The largest absolute Gasteiger partial charge is 0.493 e. The Labute approximate surface area is 193 Å². The third kappa shape index (κ3) is 4.58. The third-order valence-electron chi connectivity index (χ3n) is 6.33. The molecule has 1 atom stereocenters. The minimum absolute atomic E-state index is 0.229. The van der Waals surface area contributed by atoms with Crippen molar-refractivity contribution in [3.63, 3.8) is 0 Å². The van der Waals surface area contributed by atoms with Crippen LogP contribution in [0.3, 0.4) is 0 Å².